The Bertz CT molecular complexity index is 2930. The lowest BCUT2D eigenvalue weighted by Gasteiger charge is -2.39. The summed E-state index contributed by atoms with van der Waals surface area (Å²) in [7, 11) is 0. The molecule has 250 valence electrons. The fourth-order valence-corrected chi connectivity index (χ4v) is 10.1. The maximum atomic E-state index is 12.6. The normalized spacial score (nSPS) is 17.8. The number of nitrogens with zero attached hydrogens (tertiary/aromatic N) is 4. The number of aliphatic hydroxyl groups is 1. The van der Waals surface area contributed by atoms with Crippen LogP contribution < -0.4 is 20.1 Å². The topological polar surface area (TPSA) is 136 Å². The summed E-state index contributed by atoms with van der Waals surface area (Å²) in [6.07, 6.45) is 2.96. The second-order valence-electron chi connectivity index (χ2n) is 14.4. The summed E-state index contributed by atoms with van der Waals surface area (Å²) in [5.41, 5.74) is 5.53. The molecule has 0 spiro atoms. The van der Waals surface area contributed by atoms with E-state index in [-0.39, 0.29) is 51.2 Å². The van der Waals surface area contributed by atoms with Crippen molar-refractivity contribution in [3.63, 3.8) is 0 Å². The van der Waals surface area contributed by atoms with E-state index in [1.54, 1.807) is 24.3 Å². The Morgan fingerprint density at radius 2 is 1.12 bits per heavy atom. The molecule has 5 N–H and O–H groups in total. The van der Waals surface area contributed by atoms with Crippen LogP contribution in [0.5, 0.6) is 23.0 Å². The number of rotatable bonds is 1. The van der Waals surface area contributed by atoms with E-state index in [1.807, 2.05) is 24.3 Å². The average Bonchev–Trinajstić information content (AvgIpc) is 3.16. The number of allylic oxidation sites excluding steroid dienone is 3. The van der Waals surface area contributed by atoms with Gasteiger partial charge in [-0.1, -0.05) is 24.3 Å². The Morgan fingerprint density at radius 3 is 1.60 bits per heavy atom. The number of hydrogen-bond donors (Lipinski definition) is 5. The van der Waals surface area contributed by atoms with Crippen LogP contribution in [0, 0.1) is 17.9 Å². The molecule has 52 heavy (non-hydrogen) atoms. The van der Waals surface area contributed by atoms with E-state index in [0.717, 1.165) is 107 Å². The molecule has 0 bridgehead atoms. The van der Waals surface area contributed by atoms with Gasteiger partial charge in [0.15, 0.2) is 0 Å². The summed E-state index contributed by atoms with van der Waals surface area (Å²) in [4.78, 5) is 5.95. The van der Waals surface area contributed by atoms with Crippen molar-refractivity contribution >= 4 is 59.9 Å². The van der Waals surface area contributed by atoms with E-state index in [4.69, 9.17) is 6.57 Å². The SMILES string of the molecule is [C-]#[N+]C(C#N)=C1C(c2c3c(O)ccc4c3c3c5c(ccc(O)c25)CCN3CC4)=C(O)C1=c1c2c(O)ccc3c2c2c4c(ccc(O)c14)CC[N+]=2CC3. The number of anilines is 1. The summed E-state index contributed by atoms with van der Waals surface area (Å²) >= 11 is 0. The Morgan fingerprint density at radius 1 is 0.635 bits per heavy atom. The Kier molecular flexibility index (Phi) is 5.45. The lowest BCUT2D eigenvalue weighted by Crippen LogP contribution is -2.42. The Hall–Kier alpha value is -6.71. The summed E-state index contributed by atoms with van der Waals surface area (Å²) in [5.74, 6) is -0.445. The first-order chi connectivity index (χ1) is 25.3. The summed E-state index contributed by atoms with van der Waals surface area (Å²) in [5, 5.41) is 76.3. The summed E-state index contributed by atoms with van der Waals surface area (Å²) in [6.45, 7) is 11.3. The molecule has 0 atom stereocenters. The molecule has 6 aromatic rings. The maximum Gasteiger partial charge on any atom is 0.270 e. The number of hydrogen-bond acceptors (Lipinski definition) is 7. The number of aromatic hydroxyl groups is 4. The van der Waals surface area contributed by atoms with Gasteiger partial charge in [0, 0.05) is 85.7 Å². The van der Waals surface area contributed by atoms with Crippen LogP contribution in [0.15, 0.2) is 65.6 Å². The average molecular weight is 682 g/mol. The van der Waals surface area contributed by atoms with E-state index in [1.165, 1.54) is 0 Å². The molecule has 9 heteroatoms. The molecule has 0 fully saturated rings. The van der Waals surface area contributed by atoms with Crippen LogP contribution in [0.25, 0.3) is 59.1 Å². The molecule has 0 saturated carbocycles. The summed E-state index contributed by atoms with van der Waals surface area (Å²) in [6, 6.07) is 16.3. The van der Waals surface area contributed by atoms with Crippen molar-refractivity contribution in [2.24, 2.45) is 0 Å². The minimum Gasteiger partial charge on any atom is -0.507 e. The summed E-state index contributed by atoms with van der Waals surface area (Å²) < 4.78 is 2.29. The van der Waals surface area contributed by atoms with Gasteiger partial charge in [0.05, 0.1) is 29.1 Å². The van der Waals surface area contributed by atoms with Gasteiger partial charge in [-0.05, 0) is 59.4 Å². The van der Waals surface area contributed by atoms with Crippen molar-refractivity contribution in [3.05, 3.63) is 115 Å². The predicted octanol–water partition coefficient (Wildman–Crippen LogP) is 5.47. The van der Waals surface area contributed by atoms with Crippen molar-refractivity contribution in [1.82, 2.24) is 4.58 Å². The van der Waals surface area contributed by atoms with Gasteiger partial charge in [0.25, 0.3) is 5.70 Å². The van der Waals surface area contributed by atoms with Crippen LogP contribution in [0.1, 0.15) is 27.8 Å². The first-order valence-corrected chi connectivity index (χ1v) is 17.6. The maximum absolute atomic E-state index is 12.6. The lowest BCUT2D eigenvalue weighted by atomic mass is 9.72. The molecule has 6 aromatic carbocycles. The molecule has 11 rings (SSSR count). The molecule has 1 aliphatic carbocycles. The third-order valence-electron chi connectivity index (χ3n) is 12.2. The van der Waals surface area contributed by atoms with Gasteiger partial charge in [-0.2, -0.15) is 0 Å². The van der Waals surface area contributed by atoms with Gasteiger partial charge >= 0.3 is 0 Å². The van der Waals surface area contributed by atoms with Gasteiger partial charge < -0.3 is 30.4 Å². The molecule has 9 nitrogen and oxygen atoms in total. The van der Waals surface area contributed by atoms with Crippen molar-refractivity contribution < 1.29 is 25.5 Å². The highest BCUT2D eigenvalue weighted by molar-refractivity contribution is 6.29. The minimum atomic E-state index is -0.294. The molecule has 4 heterocycles. The van der Waals surface area contributed by atoms with E-state index in [0.29, 0.717) is 32.3 Å². The van der Waals surface area contributed by atoms with Gasteiger partial charge in [-0.25, -0.2) is 14.7 Å². The standard InChI is InChI=1S/C43H28N4O5/c1-45-23(18-44)32-39(37-33-24(48)6-2-19-10-14-46-15-11-20-3-7-25(49)34(37)29(20)41(46)28(19)33)43(52)40(32)38-35-26(50)8-4-21-12-16-47-17-13-22-5-9-27(51)36(38)31(22)42(47)30(21)35/h2-9H,10-17H2,(H4-,48,49,50,51,52)/p+1. The molecular weight excluding hydrogens is 652 g/mol. The van der Waals surface area contributed by atoms with Crippen LogP contribution >= 0.6 is 0 Å². The quantitative estimate of drug-likeness (QED) is 0.0672. The van der Waals surface area contributed by atoms with Crippen LogP contribution in [0.4, 0.5) is 5.69 Å². The van der Waals surface area contributed by atoms with Crippen molar-refractivity contribution in [2.45, 2.75) is 25.7 Å². The van der Waals surface area contributed by atoms with E-state index >= 15 is 0 Å². The van der Waals surface area contributed by atoms with Crippen LogP contribution in [-0.2, 0) is 25.7 Å². The fourth-order valence-electron chi connectivity index (χ4n) is 10.1. The second kappa shape index (κ2) is 9.74. The number of phenols is 4. The molecule has 0 aromatic heterocycles. The van der Waals surface area contributed by atoms with Gasteiger partial charge in [-0.15, -0.1) is 0 Å². The largest absolute Gasteiger partial charge is 0.507 e. The van der Waals surface area contributed by atoms with Crippen molar-refractivity contribution in [3.8, 4) is 29.1 Å². The Balaban J connectivity index is 1.43. The van der Waals surface area contributed by atoms with Crippen molar-refractivity contribution in [2.75, 3.05) is 31.1 Å². The van der Waals surface area contributed by atoms with Gasteiger partial charge in [0.2, 0.25) is 5.36 Å². The number of aliphatic hydroxyl groups excluding tert-OH is 1. The molecule has 0 amide bonds. The van der Waals surface area contributed by atoms with E-state index in [2.05, 4.69) is 20.4 Å². The van der Waals surface area contributed by atoms with E-state index < -0.39 is 0 Å². The Labute approximate surface area is 295 Å². The smallest absolute Gasteiger partial charge is 0.270 e. The number of phenolic OH excluding ortho intramolecular Hbond substituents is 4. The zero-order valence-corrected chi connectivity index (χ0v) is 27.8. The molecule has 0 unspecified atom stereocenters. The molecular formula is C43H29N4O5+. The van der Waals surface area contributed by atoms with Crippen molar-refractivity contribution in [1.29, 1.82) is 5.26 Å². The highest BCUT2D eigenvalue weighted by atomic mass is 16.3. The van der Waals surface area contributed by atoms with Crippen LogP contribution in [-0.4, -0.2) is 51.7 Å². The number of benzene rings is 6. The molecule has 0 saturated heterocycles. The van der Waals surface area contributed by atoms with Crippen LogP contribution in [0.3, 0.4) is 0 Å². The molecule has 0 radical (unpaired) electrons. The first-order valence-electron chi connectivity index (χ1n) is 17.6. The van der Waals surface area contributed by atoms with Gasteiger partial charge in [-0.3, -0.25) is 0 Å². The lowest BCUT2D eigenvalue weighted by molar-refractivity contribution is 0.434. The minimum absolute atomic E-state index is 0.0484. The van der Waals surface area contributed by atoms with Gasteiger partial charge in [0.1, 0.15) is 41.8 Å². The zero-order chi connectivity index (χ0) is 35.3. The first kappa shape index (κ1) is 29.1. The second-order valence-corrected chi connectivity index (χ2v) is 14.4. The fraction of sp³-hybridized carbons (Fsp3) is 0.186. The third-order valence-corrected chi connectivity index (χ3v) is 12.2. The monoisotopic (exact) mass is 681 g/mol. The predicted molar refractivity (Wildman–Crippen MR) is 199 cm³/mol. The zero-order valence-electron chi connectivity index (χ0n) is 27.8. The van der Waals surface area contributed by atoms with Crippen LogP contribution in [0.2, 0.25) is 0 Å². The van der Waals surface area contributed by atoms with E-state index in [9.17, 15) is 30.8 Å². The molecule has 5 aliphatic rings. The third kappa shape index (κ3) is 3.29. The highest BCUT2D eigenvalue weighted by Crippen LogP contribution is 2.58. The number of nitriles is 1. The molecule has 4 aliphatic heterocycles. The highest BCUT2D eigenvalue weighted by Gasteiger charge is 2.41.